The number of carbonyl (C=O) groups excluding carboxylic acids is 2. The maximum atomic E-state index is 12.7. The number of benzene rings is 2. The molecule has 3 aromatic rings. The van der Waals surface area contributed by atoms with Crippen molar-refractivity contribution < 1.29 is 14.0 Å². The average molecular weight is 455 g/mol. The number of thioether (sulfide) groups is 1. The number of hydrazine groups is 1. The number of hydrogen-bond donors (Lipinski definition) is 1. The minimum Gasteiger partial charge on any atom is -0.457 e. The van der Waals surface area contributed by atoms with Crippen LogP contribution in [0.5, 0.6) is 0 Å². The van der Waals surface area contributed by atoms with Crippen LogP contribution in [0.1, 0.15) is 11.3 Å². The van der Waals surface area contributed by atoms with E-state index in [1.165, 1.54) is 0 Å². The number of thiocarbonyl (C=S) groups is 1. The van der Waals surface area contributed by atoms with Crippen LogP contribution in [0.2, 0.25) is 5.02 Å². The lowest BCUT2D eigenvalue weighted by atomic mass is 10.1. The first kappa shape index (κ1) is 20.4. The summed E-state index contributed by atoms with van der Waals surface area (Å²) in [5.74, 6) is 0.361. The minimum atomic E-state index is -0.401. The van der Waals surface area contributed by atoms with Crippen LogP contribution in [-0.4, -0.2) is 21.1 Å². The molecule has 2 amide bonds. The third kappa shape index (κ3) is 4.48. The number of furan rings is 1. The van der Waals surface area contributed by atoms with Gasteiger partial charge in [0, 0.05) is 11.6 Å². The Balaban J connectivity index is 1.47. The molecule has 4 rings (SSSR count). The first-order valence-electron chi connectivity index (χ1n) is 8.97. The van der Waals surface area contributed by atoms with Crippen molar-refractivity contribution in [2.45, 2.75) is 6.42 Å². The van der Waals surface area contributed by atoms with Crippen LogP contribution in [0.15, 0.2) is 76.1 Å². The van der Waals surface area contributed by atoms with E-state index in [-0.39, 0.29) is 16.6 Å². The highest BCUT2D eigenvalue weighted by Crippen LogP contribution is 2.34. The lowest BCUT2D eigenvalue weighted by Crippen LogP contribution is -2.45. The second-order valence-corrected chi connectivity index (χ2v) is 8.48. The van der Waals surface area contributed by atoms with E-state index in [9.17, 15) is 9.59 Å². The molecule has 0 unspecified atom stereocenters. The molecule has 1 fully saturated rings. The molecular formula is C22H15ClN2O3S2. The second-order valence-electron chi connectivity index (χ2n) is 6.40. The van der Waals surface area contributed by atoms with Gasteiger partial charge in [0.25, 0.3) is 5.91 Å². The van der Waals surface area contributed by atoms with E-state index >= 15 is 0 Å². The average Bonchev–Trinajstić information content (AvgIpc) is 3.29. The maximum absolute atomic E-state index is 12.7. The first-order valence-corrected chi connectivity index (χ1v) is 10.6. The van der Waals surface area contributed by atoms with Crippen molar-refractivity contribution >= 4 is 57.8 Å². The SMILES string of the molecule is O=C(Cc1ccccc1)NN1C(=O)/C(=C\c2ccc(-c3ccccc3Cl)o2)SC1=S. The molecule has 5 nitrogen and oxygen atoms in total. The van der Waals surface area contributed by atoms with Gasteiger partial charge in [-0.3, -0.25) is 15.0 Å². The molecule has 0 aliphatic carbocycles. The van der Waals surface area contributed by atoms with Crippen LogP contribution in [0, 0.1) is 0 Å². The molecule has 1 aliphatic rings. The van der Waals surface area contributed by atoms with Gasteiger partial charge in [-0.25, -0.2) is 0 Å². The van der Waals surface area contributed by atoms with Crippen molar-refractivity contribution in [3.8, 4) is 11.3 Å². The minimum absolute atomic E-state index is 0.149. The lowest BCUT2D eigenvalue weighted by Gasteiger charge is -2.15. The molecular weight excluding hydrogens is 440 g/mol. The van der Waals surface area contributed by atoms with E-state index < -0.39 is 5.91 Å². The molecule has 1 aromatic heterocycles. The van der Waals surface area contributed by atoms with Gasteiger partial charge >= 0.3 is 0 Å². The predicted octanol–water partition coefficient (Wildman–Crippen LogP) is 5.08. The monoisotopic (exact) mass is 454 g/mol. The first-order chi connectivity index (χ1) is 14.5. The Kier molecular flexibility index (Phi) is 6.03. The predicted molar refractivity (Wildman–Crippen MR) is 122 cm³/mol. The Morgan fingerprint density at radius 1 is 1.10 bits per heavy atom. The third-order valence-corrected chi connectivity index (χ3v) is 5.91. The summed E-state index contributed by atoms with van der Waals surface area (Å²) < 4.78 is 6.07. The van der Waals surface area contributed by atoms with Gasteiger partial charge in [0.1, 0.15) is 11.5 Å². The molecule has 1 N–H and O–H groups in total. The van der Waals surface area contributed by atoms with Crippen molar-refractivity contribution in [1.29, 1.82) is 0 Å². The number of nitrogens with one attached hydrogen (secondary N) is 1. The van der Waals surface area contributed by atoms with Crippen molar-refractivity contribution in [2.24, 2.45) is 0 Å². The fourth-order valence-electron chi connectivity index (χ4n) is 2.87. The number of halogens is 1. The maximum Gasteiger partial charge on any atom is 0.285 e. The molecule has 8 heteroatoms. The van der Waals surface area contributed by atoms with Gasteiger partial charge in [0.2, 0.25) is 5.91 Å². The van der Waals surface area contributed by atoms with Crippen LogP contribution in [0.3, 0.4) is 0 Å². The quantitative estimate of drug-likeness (QED) is 0.430. The molecule has 1 aliphatic heterocycles. The highest BCUT2D eigenvalue weighted by Gasteiger charge is 2.33. The van der Waals surface area contributed by atoms with Gasteiger partial charge in [-0.1, -0.05) is 65.8 Å². The fraction of sp³-hybridized carbons (Fsp3) is 0.0455. The highest BCUT2D eigenvalue weighted by atomic mass is 35.5. The van der Waals surface area contributed by atoms with Crippen LogP contribution in [0.4, 0.5) is 0 Å². The molecule has 0 bridgehead atoms. The van der Waals surface area contributed by atoms with Gasteiger partial charge in [0.05, 0.1) is 16.3 Å². The van der Waals surface area contributed by atoms with E-state index in [0.29, 0.717) is 21.4 Å². The van der Waals surface area contributed by atoms with E-state index in [0.717, 1.165) is 27.9 Å². The van der Waals surface area contributed by atoms with Crippen LogP contribution in [0.25, 0.3) is 17.4 Å². The lowest BCUT2D eigenvalue weighted by molar-refractivity contribution is -0.132. The van der Waals surface area contributed by atoms with Crippen LogP contribution in [-0.2, 0) is 16.0 Å². The molecule has 0 spiro atoms. The van der Waals surface area contributed by atoms with Gasteiger partial charge in [-0.15, -0.1) is 0 Å². The molecule has 1 saturated heterocycles. The van der Waals surface area contributed by atoms with E-state index in [2.05, 4.69) is 5.43 Å². The fourth-order valence-corrected chi connectivity index (χ4v) is 4.26. The standard InChI is InChI=1S/C22H15ClN2O3S2/c23-17-9-5-4-8-16(17)18-11-10-15(28-18)13-19-21(27)25(22(29)30-19)24-20(26)12-14-6-2-1-3-7-14/h1-11,13H,12H2,(H,24,26)/b19-13+. The summed E-state index contributed by atoms with van der Waals surface area (Å²) >= 11 is 12.6. The van der Waals surface area contributed by atoms with Crippen LogP contribution < -0.4 is 5.43 Å². The van der Waals surface area contributed by atoms with Crippen molar-refractivity contribution in [1.82, 2.24) is 10.4 Å². The molecule has 0 atom stereocenters. The molecule has 150 valence electrons. The second kappa shape index (κ2) is 8.87. The van der Waals surface area contributed by atoms with Crippen LogP contribution >= 0.6 is 35.6 Å². The van der Waals surface area contributed by atoms with E-state index in [1.807, 2.05) is 48.5 Å². The van der Waals surface area contributed by atoms with E-state index in [1.54, 1.807) is 24.3 Å². The topological polar surface area (TPSA) is 62.6 Å². The van der Waals surface area contributed by atoms with Gasteiger partial charge < -0.3 is 4.42 Å². The normalized spacial score (nSPS) is 15.1. The van der Waals surface area contributed by atoms with Gasteiger partial charge in [-0.05, 0) is 42.0 Å². The van der Waals surface area contributed by atoms with Crippen molar-refractivity contribution in [3.05, 3.63) is 88.0 Å². The summed E-state index contributed by atoms with van der Waals surface area (Å²) in [5, 5.41) is 1.67. The summed E-state index contributed by atoms with van der Waals surface area (Å²) in [5.41, 5.74) is 4.18. The number of amides is 2. The molecule has 2 aromatic carbocycles. The Hall–Kier alpha value is -2.87. The Bertz CT molecular complexity index is 1160. The number of carbonyl (C=O) groups is 2. The molecule has 0 radical (unpaired) electrons. The third-order valence-electron chi connectivity index (χ3n) is 4.28. The summed E-state index contributed by atoms with van der Waals surface area (Å²) in [4.78, 5) is 25.4. The Labute approximate surface area is 187 Å². The summed E-state index contributed by atoms with van der Waals surface area (Å²) in [6.45, 7) is 0. The van der Waals surface area contributed by atoms with E-state index in [4.69, 9.17) is 28.2 Å². The number of hydrogen-bond acceptors (Lipinski definition) is 5. The zero-order valence-corrected chi connectivity index (χ0v) is 17.9. The zero-order valence-electron chi connectivity index (χ0n) is 15.5. The summed E-state index contributed by atoms with van der Waals surface area (Å²) in [6, 6.07) is 20.1. The van der Waals surface area contributed by atoms with Crippen molar-refractivity contribution in [2.75, 3.05) is 0 Å². The van der Waals surface area contributed by atoms with Crippen molar-refractivity contribution in [3.63, 3.8) is 0 Å². The Morgan fingerprint density at radius 2 is 1.83 bits per heavy atom. The summed E-state index contributed by atoms with van der Waals surface area (Å²) in [7, 11) is 0. The smallest absolute Gasteiger partial charge is 0.285 e. The highest BCUT2D eigenvalue weighted by molar-refractivity contribution is 8.26. The largest absolute Gasteiger partial charge is 0.457 e. The summed E-state index contributed by atoms with van der Waals surface area (Å²) in [6.07, 6.45) is 1.75. The van der Waals surface area contributed by atoms with Gasteiger partial charge in [-0.2, -0.15) is 5.01 Å². The van der Waals surface area contributed by atoms with Gasteiger partial charge in [0.15, 0.2) is 4.32 Å². The molecule has 0 saturated carbocycles. The molecule has 30 heavy (non-hydrogen) atoms. The molecule has 2 heterocycles. The number of rotatable bonds is 5. The number of nitrogens with zero attached hydrogens (tertiary/aromatic N) is 1. The Morgan fingerprint density at radius 3 is 2.60 bits per heavy atom. The zero-order chi connectivity index (χ0) is 21.1.